The third kappa shape index (κ3) is 5.94. The van der Waals surface area contributed by atoms with E-state index in [2.05, 4.69) is 16.5 Å². The summed E-state index contributed by atoms with van der Waals surface area (Å²) < 4.78 is 4.46. The van der Waals surface area contributed by atoms with E-state index in [4.69, 9.17) is 5.26 Å². The molecule has 0 bridgehead atoms. The van der Waals surface area contributed by atoms with Crippen molar-refractivity contribution in [3.8, 4) is 0 Å². The molecule has 0 aliphatic heterocycles. The first-order valence-electron chi connectivity index (χ1n) is 5.14. The molecule has 0 saturated heterocycles. The molecule has 0 aromatic rings. The summed E-state index contributed by atoms with van der Waals surface area (Å²) in [7, 11) is 1.28. The Labute approximate surface area is 85.1 Å². The lowest BCUT2D eigenvalue weighted by molar-refractivity contribution is -0.278. The van der Waals surface area contributed by atoms with Crippen molar-refractivity contribution < 1.29 is 19.7 Å². The highest BCUT2D eigenvalue weighted by Crippen LogP contribution is 2.09. The molecule has 84 valence electrons. The van der Waals surface area contributed by atoms with Crippen LogP contribution in [0, 0.1) is 0 Å². The molecule has 0 rings (SSSR count). The Morgan fingerprint density at radius 3 is 2.43 bits per heavy atom. The summed E-state index contributed by atoms with van der Waals surface area (Å²) in [6, 6.07) is 0. The number of unbranched alkanes of at least 4 members (excludes halogenated alkanes) is 4. The van der Waals surface area contributed by atoms with E-state index in [1.807, 2.05) is 0 Å². The predicted molar refractivity (Wildman–Crippen MR) is 52.9 cm³/mol. The van der Waals surface area contributed by atoms with E-state index in [9.17, 15) is 4.79 Å². The molecule has 0 fully saturated rings. The van der Waals surface area contributed by atoms with Gasteiger partial charge < -0.3 is 4.74 Å². The molecule has 0 radical (unpaired) electrons. The van der Waals surface area contributed by atoms with Crippen molar-refractivity contribution in [3.05, 3.63) is 0 Å². The van der Waals surface area contributed by atoms with Crippen molar-refractivity contribution in [3.63, 3.8) is 0 Å². The van der Waals surface area contributed by atoms with E-state index in [1.54, 1.807) is 0 Å². The standard InChI is InChI=1S/C10H20O4/c1-3-4-5-6-7-8-9(14-12)10(11)13-2/h9,12H,3-8H2,1-2H3. The number of hydrogen-bond acceptors (Lipinski definition) is 4. The van der Waals surface area contributed by atoms with Gasteiger partial charge in [0.2, 0.25) is 0 Å². The zero-order chi connectivity index (χ0) is 10.8. The van der Waals surface area contributed by atoms with Crippen LogP contribution in [0.25, 0.3) is 0 Å². The maximum Gasteiger partial charge on any atom is 0.338 e. The van der Waals surface area contributed by atoms with Crippen LogP contribution in [-0.4, -0.2) is 24.4 Å². The van der Waals surface area contributed by atoms with Crippen LogP contribution >= 0.6 is 0 Å². The van der Waals surface area contributed by atoms with Gasteiger partial charge in [-0.2, -0.15) is 0 Å². The normalized spacial score (nSPS) is 12.5. The minimum Gasteiger partial charge on any atom is -0.467 e. The second-order valence-electron chi connectivity index (χ2n) is 3.32. The highest BCUT2D eigenvalue weighted by Gasteiger charge is 2.18. The third-order valence-corrected chi connectivity index (χ3v) is 2.16. The molecule has 0 amide bonds. The monoisotopic (exact) mass is 204 g/mol. The summed E-state index contributed by atoms with van der Waals surface area (Å²) in [6.07, 6.45) is 5.20. The van der Waals surface area contributed by atoms with Gasteiger partial charge in [0.1, 0.15) is 0 Å². The van der Waals surface area contributed by atoms with Crippen LogP contribution in [0.2, 0.25) is 0 Å². The smallest absolute Gasteiger partial charge is 0.338 e. The number of methoxy groups -OCH3 is 1. The number of ether oxygens (including phenoxy) is 1. The Balaban J connectivity index is 3.48. The Hall–Kier alpha value is -0.610. The molecular weight excluding hydrogens is 184 g/mol. The maximum atomic E-state index is 11.0. The molecule has 4 heteroatoms. The summed E-state index contributed by atoms with van der Waals surface area (Å²) in [5.74, 6) is -0.511. The first kappa shape index (κ1) is 13.4. The Morgan fingerprint density at radius 2 is 1.93 bits per heavy atom. The first-order chi connectivity index (χ1) is 6.76. The van der Waals surface area contributed by atoms with Crippen molar-refractivity contribution in [1.82, 2.24) is 0 Å². The molecule has 0 spiro atoms. The molecule has 14 heavy (non-hydrogen) atoms. The van der Waals surface area contributed by atoms with Crippen LogP contribution in [0.1, 0.15) is 45.4 Å². The number of esters is 1. The SMILES string of the molecule is CCCCCCCC(OO)C(=O)OC. The van der Waals surface area contributed by atoms with Crippen molar-refractivity contribution in [1.29, 1.82) is 0 Å². The quantitative estimate of drug-likeness (QED) is 0.285. The van der Waals surface area contributed by atoms with E-state index in [0.29, 0.717) is 6.42 Å². The highest BCUT2D eigenvalue weighted by molar-refractivity contribution is 5.74. The van der Waals surface area contributed by atoms with E-state index in [0.717, 1.165) is 19.3 Å². The Kier molecular flexibility index (Phi) is 8.57. The van der Waals surface area contributed by atoms with Crippen LogP contribution in [0.15, 0.2) is 0 Å². The second-order valence-corrected chi connectivity index (χ2v) is 3.32. The van der Waals surface area contributed by atoms with Crippen LogP contribution in [0.3, 0.4) is 0 Å². The molecule has 1 N–H and O–H groups in total. The topological polar surface area (TPSA) is 55.8 Å². The van der Waals surface area contributed by atoms with Gasteiger partial charge in [0.25, 0.3) is 0 Å². The fourth-order valence-corrected chi connectivity index (χ4v) is 1.28. The van der Waals surface area contributed by atoms with E-state index < -0.39 is 12.1 Å². The van der Waals surface area contributed by atoms with Gasteiger partial charge in [0.05, 0.1) is 7.11 Å². The minimum absolute atomic E-state index is 0.511. The average molecular weight is 204 g/mol. The van der Waals surface area contributed by atoms with Crippen molar-refractivity contribution in [2.75, 3.05) is 7.11 Å². The largest absolute Gasteiger partial charge is 0.467 e. The fourth-order valence-electron chi connectivity index (χ4n) is 1.28. The molecule has 1 unspecified atom stereocenters. The van der Waals surface area contributed by atoms with Crippen LogP contribution in [0.4, 0.5) is 0 Å². The summed E-state index contributed by atoms with van der Waals surface area (Å²) >= 11 is 0. The second kappa shape index (κ2) is 8.97. The fraction of sp³-hybridized carbons (Fsp3) is 0.900. The van der Waals surface area contributed by atoms with Crippen molar-refractivity contribution >= 4 is 5.97 Å². The minimum atomic E-state index is -0.818. The number of hydrogen-bond donors (Lipinski definition) is 1. The van der Waals surface area contributed by atoms with Gasteiger partial charge in [-0.1, -0.05) is 39.0 Å². The van der Waals surface area contributed by atoms with Gasteiger partial charge in [-0.15, -0.1) is 0 Å². The van der Waals surface area contributed by atoms with E-state index in [-0.39, 0.29) is 0 Å². The lowest BCUT2D eigenvalue weighted by Gasteiger charge is -2.10. The number of carbonyl (C=O) groups excluding carboxylic acids is 1. The Bertz CT molecular complexity index is 147. The zero-order valence-corrected chi connectivity index (χ0v) is 8.99. The van der Waals surface area contributed by atoms with Crippen molar-refractivity contribution in [2.24, 2.45) is 0 Å². The summed E-state index contributed by atoms with van der Waals surface area (Å²) in [4.78, 5) is 15.0. The molecule has 0 saturated carbocycles. The van der Waals surface area contributed by atoms with Crippen LogP contribution in [-0.2, 0) is 14.4 Å². The van der Waals surface area contributed by atoms with Gasteiger partial charge in [0.15, 0.2) is 6.10 Å². The molecule has 1 atom stereocenters. The van der Waals surface area contributed by atoms with Gasteiger partial charge in [0, 0.05) is 0 Å². The number of rotatable bonds is 8. The molecular formula is C10H20O4. The van der Waals surface area contributed by atoms with Gasteiger partial charge in [-0.25, -0.2) is 9.68 Å². The zero-order valence-electron chi connectivity index (χ0n) is 8.99. The molecule has 0 aliphatic carbocycles. The van der Waals surface area contributed by atoms with E-state index >= 15 is 0 Å². The average Bonchev–Trinajstić information content (AvgIpc) is 2.22. The molecule has 0 aromatic heterocycles. The highest BCUT2D eigenvalue weighted by atomic mass is 17.1. The van der Waals surface area contributed by atoms with Gasteiger partial charge in [-0.05, 0) is 6.42 Å². The van der Waals surface area contributed by atoms with Gasteiger partial charge in [-0.3, -0.25) is 5.26 Å². The molecule has 4 nitrogen and oxygen atoms in total. The molecule has 0 heterocycles. The Morgan fingerprint density at radius 1 is 1.29 bits per heavy atom. The summed E-state index contributed by atoms with van der Waals surface area (Å²) in [5, 5.41) is 8.43. The summed E-state index contributed by atoms with van der Waals surface area (Å²) in [5.41, 5.74) is 0. The summed E-state index contributed by atoms with van der Waals surface area (Å²) in [6.45, 7) is 2.15. The van der Waals surface area contributed by atoms with Crippen LogP contribution < -0.4 is 0 Å². The predicted octanol–water partition coefficient (Wildman–Crippen LogP) is 2.38. The van der Waals surface area contributed by atoms with E-state index in [1.165, 1.54) is 20.0 Å². The lowest BCUT2D eigenvalue weighted by atomic mass is 10.1. The lowest BCUT2D eigenvalue weighted by Crippen LogP contribution is -2.24. The number of carbonyl (C=O) groups is 1. The molecule has 0 aromatic carbocycles. The van der Waals surface area contributed by atoms with Gasteiger partial charge >= 0.3 is 5.97 Å². The first-order valence-corrected chi connectivity index (χ1v) is 5.14. The van der Waals surface area contributed by atoms with Crippen molar-refractivity contribution in [2.45, 2.75) is 51.6 Å². The third-order valence-electron chi connectivity index (χ3n) is 2.16. The van der Waals surface area contributed by atoms with Crippen LogP contribution in [0.5, 0.6) is 0 Å². The molecule has 0 aliphatic rings. The maximum absolute atomic E-state index is 11.0.